The lowest BCUT2D eigenvalue weighted by Crippen LogP contribution is -2.30. The molecule has 2 amide bonds. The van der Waals surface area contributed by atoms with Gasteiger partial charge in [0, 0.05) is 5.39 Å². The van der Waals surface area contributed by atoms with Gasteiger partial charge in [-0.2, -0.15) is 4.99 Å². The topological polar surface area (TPSA) is 92.8 Å². The first-order valence-corrected chi connectivity index (χ1v) is 10.4. The Hall–Kier alpha value is -3.30. The summed E-state index contributed by atoms with van der Waals surface area (Å²) in [6.45, 7) is 0. The number of aromatic nitrogens is 1. The number of aliphatic imine (C=N–C) groups is 1. The van der Waals surface area contributed by atoms with E-state index in [2.05, 4.69) is 9.98 Å². The largest absolute Gasteiger partial charge is 0.422 e. The van der Waals surface area contributed by atoms with E-state index >= 15 is 0 Å². The van der Waals surface area contributed by atoms with Crippen LogP contribution in [0, 0.1) is 0 Å². The molecule has 142 valence electrons. The molecule has 1 fully saturated rings. The van der Waals surface area contributed by atoms with Crippen molar-refractivity contribution < 1.29 is 14.0 Å². The van der Waals surface area contributed by atoms with Gasteiger partial charge in [0.05, 0.1) is 16.0 Å². The molecule has 0 unspecified atom stereocenters. The van der Waals surface area contributed by atoms with Gasteiger partial charge in [0.2, 0.25) is 5.91 Å². The van der Waals surface area contributed by atoms with Crippen molar-refractivity contribution in [2.24, 2.45) is 4.99 Å². The number of amidine groups is 1. The summed E-state index contributed by atoms with van der Waals surface area (Å²) in [7, 11) is 0. The fourth-order valence-electron chi connectivity index (χ4n) is 2.95. The second-order valence-electron chi connectivity index (χ2n) is 6.17. The molecule has 2 aromatic heterocycles. The normalized spacial score (nSPS) is 15.7. The second-order valence-corrected chi connectivity index (χ2v) is 8.12. The maximum Gasteiger partial charge on any atom is 0.349 e. The van der Waals surface area contributed by atoms with Gasteiger partial charge in [-0.15, -0.1) is 0 Å². The Bertz CT molecular complexity index is 1360. The molecule has 4 aromatic rings. The van der Waals surface area contributed by atoms with E-state index in [9.17, 15) is 14.4 Å². The molecule has 0 aliphatic carbocycles. The second kappa shape index (κ2) is 6.94. The Labute approximate surface area is 171 Å². The van der Waals surface area contributed by atoms with Crippen molar-refractivity contribution in [2.75, 3.05) is 10.7 Å². The van der Waals surface area contributed by atoms with Gasteiger partial charge in [-0.05, 0) is 24.3 Å². The van der Waals surface area contributed by atoms with Gasteiger partial charge in [0.25, 0.3) is 5.91 Å². The smallest absolute Gasteiger partial charge is 0.349 e. The highest BCUT2D eigenvalue weighted by Crippen LogP contribution is 2.33. The summed E-state index contributed by atoms with van der Waals surface area (Å²) in [5.74, 6) is -0.826. The van der Waals surface area contributed by atoms with Crippen molar-refractivity contribution in [3.8, 4) is 0 Å². The highest BCUT2D eigenvalue weighted by atomic mass is 32.2. The van der Waals surface area contributed by atoms with Crippen LogP contribution in [0.2, 0.25) is 0 Å². The Balaban J connectivity index is 1.55. The monoisotopic (exact) mass is 421 g/mol. The molecule has 0 bridgehead atoms. The van der Waals surface area contributed by atoms with Crippen molar-refractivity contribution in [1.82, 2.24) is 4.98 Å². The van der Waals surface area contributed by atoms with Crippen molar-refractivity contribution in [1.29, 1.82) is 0 Å². The first-order valence-electron chi connectivity index (χ1n) is 8.57. The number of thiazole rings is 1. The molecule has 1 aliphatic heterocycles. The van der Waals surface area contributed by atoms with Gasteiger partial charge >= 0.3 is 5.63 Å². The Kier molecular flexibility index (Phi) is 4.26. The lowest BCUT2D eigenvalue weighted by atomic mass is 10.2. The Morgan fingerprint density at radius 1 is 1.10 bits per heavy atom. The van der Waals surface area contributed by atoms with E-state index in [1.54, 1.807) is 24.3 Å². The van der Waals surface area contributed by atoms with Gasteiger partial charge in [-0.3, -0.25) is 9.59 Å². The molecule has 0 radical (unpaired) electrons. The zero-order chi connectivity index (χ0) is 20.0. The first kappa shape index (κ1) is 17.8. The van der Waals surface area contributed by atoms with E-state index in [0.29, 0.717) is 16.1 Å². The van der Waals surface area contributed by atoms with Gasteiger partial charge < -0.3 is 4.42 Å². The van der Waals surface area contributed by atoms with Crippen LogP contribution in [0.3, 0.4) is 0 Å². The van der Waals surface area contributed by atoms with E-state index < -0.39 is 11.5 Å². The van der Waals surface area contributed by atoms with E-state index in [4.69, 9.17) is 4.42 Å². The highest BCUT2D eigenvalue weighted by molar-refractivity contribution is 8.15. The summed E-state index contributed by atoms with van der Waals surface area (Å²) < 4.78 is 6.13. The number of para-hydroxylation sites is 2. The summed E-state index contributed by atoms with van der Waals surface area (Å²) in [5.41, 5.74) is 0.209. The fourth-order valence-corrected chi connectivity index (χ4v) is 4.84. The molecule has 3 heterocycles. The third-order valence-corrected chi connectivity index (χ3v) is 6.25. The number of fused-ring (bicyclic) bond motifs is 2. The van der Waals surface area contributed by atoms with Crippen LogP contribution in [0.25, 0.3) is 21.2 Å². The highest BCUT2D eigenvalue weighted by Gasteiger charge is 2.33. The van der Waals surface area contributed by atoms with E-state index in [1.807, 2.05) is 24.3 Å². The quantitative estimate of drug-likeness (QED) is 0.459. The third-order valence-electron chi connectivity index (χ3n) is 4.31. The van der Waals surface area contributed by atoms with Gasteiger partial charge in [0.1, 0.15) is 11.1 Å². The number of thioether (sulfide) groups is 1. The number of carbonyl (C=O) groups is 2. The lowest BCUT2D eigenvalue weighted by molar-refractivity contribution is -0.115. The number of hydrogen-bond acceptors (Lipinski definition) is 7. The van der Waals surface area contributed by atoms with Crippen LogP contribution in [0.15, 0.2) is 68.8 Å². The van der Waals surface area contributed by atoms with Crippen LogP contribution < -0.4 is 10.5 Å². The van der Waals surface area contributed by atoms with Crippen LogP contribution in [-0.2, 0) is 4.79 Å². The summed E-state index contributed by atoms with van der Waals surface area (Å²) in [5, 5.41) is 1.26. The number of rotatable bonds is 2. The molecule has 0 N–H and O–H groups in total. The van der Waals surface area contributed by atoms with Gasteiger partial charge in [0.15, 0.2) is 10.3 Å². The molecule has 0 saturated carbocycles. The van der Waals surface area contributed by atoms with E-state index in [1.165, 1.54) is 22.3 Å². The molecule has 2 aromatic carbocycles. The standard InChI is InChI=1S/C20H11N3O4S2/c24-16-10-28-19(23(16)20-21-13-6-2-4-8-15(13)29-20)22-17(25)12-9-11-5-1-3-7-14(11)27-18(12)26/h1-9H,10H2. The minimum atomic E-state index is -0.765. The van der Waals surface area contributed by atoms with Crippen LogP contribution in [0.4, 0.5) is 5.13 Å². The SMILES string of the molecule is O=C(N=C1SCC(=O)N1c1nc2ccccc2s1)c1cc2ccccc2oc1=O. The number of anilines is 1. The van der Waals surface area contributed by atoms with Crippen LogP contribution in [0.5, 0.6) is 0 Å². The number of amides is 2. The summed E-state index contributed by atoms with van der Waals surface area (Å²) >= 11 is 2.47. The molecular formula is C20H11N3O4S2. The maximum absolute atomic E-state index is 12.7. The molecule has 5 rings (SSSR count). The molecular weight excluding hydrogens is 410 g/mol. The molecule has 9 heteroatoms. The average molecular weight is 421 g/mol. The zero-order valence-corrected chi connectivity index (χ0v) is 16.3. The molecule has 1 saturated heterocycles. The molecule has 1 aliphatic rings. The zero-order valence-electron chi connectivity index (χ0n) is 14.7. The summed E-state index contributed by atoms with van der Waals surface area (Å²) in [4.78, 5) is 47.2. The van der Waals surface area contributed by atoms with Crippen molar-refractivity contribution in [3.63, 3.8) is 0 Å². The molecule has 0 atom stereocenters. The average Bonchev–Trinajstić information content (AvgIpc) is 3.30. The maximum atomic E-state index is 12.7. The van der Waals surface area contributed by atoms with E-state index in [0.717, 1.165) is 22.0 Å². The summed E-state index contributed by atoms with van der Waals surface area (Å²) in [6, 6.07) is 15.9. The lowest BCUT2D eigenvalue weighted by Gasteiger charge is -2.11. The Morgan fingerprint density at radius 3 is 2.76 bits per heavy atom. The Morgan fingerprint density at radius 2 is 1.90 bits per heavy atom. The predicted octanol–water partition coefficient (Wildman–Crippen LogP) is 3.68. The van der Waals surface area contributed by atoms with Gasteiger partial charge in [-0.25, -0.2) is 14.7 Å². The predicted molar refractivity (Wildman–Crippen MR) is 114 cm³/mol. The first-order chi connectivity index (χ1) is 14.1. The van der Waals surface area contributed by atoms with Gasteiger partial charge in [-0.1, -0.05) is 53.4 Å². The molecule has 0 spiro atoms. The van der Waals surface area contributed by atoms with Crippen molar-refractivity contribution in [2.45, 2.75) is 0 Å². The fraction of sp³-hybridized carbons (Fsp3) is 0.0500. The number of benzene rings is 2. The number of nitrogens with zero attached hydrogens (tertiary/aromatic N) is 3. The van der Waals surface area contributed by atoms with E-state index in [-0.39, 0.29) is 22.4 Å². The minimum absolute atomic E-state index is 0.147. The van der Waals surface area contributed by atoms with Crippen molar-refractivity contribution in [3.05, 3.63) is 70.6 Å². The van der Waals surface area contributed by atoms with Crippen LogP contribution >= 0.6 is 23.1 Å². The number of carbonyl (C=O) groups excluding carboxylic acids is 2. The van der Waals surface area contributed by atoms with Crippen molar-refractivity contribution >= 4 is 66.4 Å². The van der Waals surface area contributed by atoms with Crippen LogP contribution in [-0.4, -0.2) is 27.7 Å². The summed E-state index contributed by atoms with van der Waals surface area (Å²) in [6.07, 6.45) is 0. The minimum Gasteiger partial charge on any atom is -0.422 e. The third kappa shape index (κ3) is 3.14. The van der Waals surface area contributed by atoms with Crippen LogP contribution in [0.1, 0.15) is 10.4 Å². The number of hydrogen-bond donors (Lipinski definition) is 0. The molecule has 7 nitrogen and oxygen atoms in total. The molecule has 29 heavy (non-hydrogen) atoms.